The van der Waals surface area contributed by atoms with Crippen LogP contribution >= 0.6 is 23.2 Å². The van der Waals surface area contributed by atoms with E-state index in [2.05, 4.69) is 10.4 Å². The molecule has 3 fully saturated rings. The van der Waals surface area contributed by atoms with Crippen molar-refractivity contribution in [3.8, 4) is 5.75 Å². The second-order valence-electron chi connectivity index (χ2n) is 12.9. The lowest BCUT2D eigenvalue weighted by molar-refractivity contribution is -0.141. The number of halogens is 5. The molecule has 2 aliphatic heterocycles. The predicted molar refractivity (Wildman–Crippen MR) is 172 cm³/mol. The fourth-order valence-electron chi connectivity index (χ4n) is 8.39. The van der Waals surface area contributed by atoms with E-state index in [1.807, 2.05) is 6.08 Å². The maximum absolute atomic E-state index is 15.1. The SMILES string of the molecule is CCN1C(=O)[C@H]2[C@H](CC=C3[C@H]2C[C@H]2C(=O)N(Nc4ncc(C(F)(F)F)cc4Cl)C(=O)[C@@]2(c2ccc(Cl)cc2)[C@H]3c2ccc(O)c(C)c2)C1=O. The molecule has 0 unspecified atom stereocenters. The van der Waals surface area contributed by atoms with Crippen molar-refractivity contribution < 1.29 is 37.5 Å². The van der Waals surface area contributed by atoms with Crippen LogP contribution in [0.3, 0.4) is 0 Å². The van der Waals surface area contributed by atoms with Gasteiger partial charge in [0.2, 0.25) is 11.8 Å². The number of aromatic hydroxyl groups is 1. The Hall–Kier alpha value is -4.42. The third kappa shape index (κ3) is 4.85. The van der Waals surface area contributed by atoms with Crippen LogP contribution in [0.15, 0.2) is 66.4 Å². The third-order valence-electron chi connectivity index (χ3n) is 10.5. The number of allylic oxidation sites excluding steroid dienone is 2. The predicted octanol–water partition coefficient (Wildman–Crippen LogP) is 6.43. The van der Waals surface area contributed by atoms with Crippen LogP contribution in [0.5, 0.6) is 5.75 Å². The summed E-state index contributed by atoms with van der Waals surface area (Å²) in [6, 6.07) is 12.0. The monoisotopic (exact) mass is 712 g/mol. The molecule has 3 heterocycles. The minimum Gasteiger partial charge on any atom is -0.508 e. The van der Waals surface area contributed by atoms with Crippen molar-refractivity contribution in [2.45, 2.75) is 44.2 Å². The number of fused-ring (bicyclic) bond motifs is 4. The maximum atomic E-state index is 15.1. The normalized spacial score (nSPS) is 28.0. The number of hydrogen-bond donors (Lipinski definition) is 2. The van der Waals surface area contributed by atoms with Gasteiger partial charge in [-0.25, -0.2) is 4.98 Å². The average Bonchev–Trinajstić information content (AvgIpc) is 3.43. The molecule has 0 bridgehead atoms. The summed E-state index contributed by atoms with van der Waals surface area (Å²) in [4.78, 5) is 61.9. The van der Waals surface area contributed by atoms with E-state index in [1.54, 1.807) is 50.2 Å². The van der Waals surface area contributed by atoms with Gasteiger partial charge in [0.05, 0.1) is 33.8 Å². The number of aromatic nitrogens is 1. The quantitative estimate of drug-likeness (QED) is 0.231. The summed E-state index contributed by atoms with van der Waals surface area (Å²) in [7, 11) is 0. The second kappa shape index (κ2) is 11.6. The Balaban J connectivity index is 1.44. The van der Waals surface area contributed by atoms with Gasteiger partial charge in [-0.2, -0.15) is 18.2 Å². The van der Waals surface area contributed by atoms with Gasteiger partial charge in [-0.05, 0) is 73.6 Å². The molecule has 0 spiro atoms. The van der Waals surface area contributed by atoms with E-state index >= 15 is 4.79 Å². The topological polar surface area (TPSA) is 120 Å². The Morgan fingerprint density at radius 1 is 1.00 bits per heavy atom. The summed E-state index contributed by atoms with van der Waals surface area (Å²) in [5, 5.41) is 11.1. The van der Waals surface area contributed by atoms with E-state index in [0.29, 0.717) is 39.5 Å². The fourth-order valence-corrected chi connectivity index (χ4v) is 8.73. The Kier molecular flexibility index (Phi) is 7.83. The van der Waals surface area contributed by atoms with Gasteiger partial charge < -0.3 is 5.11 Å². The molecule has 2 saturated heterocycles. The molecule has 6 atom stereocenters. The number of hydrogen-bond acceptors (Lipinski definition) is 7. The molecule has 3 aromatic rings. The molecule has 14 heteroatoms. The number of anilines is 1. The van der Waals surface area contributed by atoms with Gasteiger partial charge in [0, 0.05) is 23.7 Å². The number of nitrogens with zero attached hydrogens (tertiary/aromatic N) is 3. The van der Waals surface area contributed by atoms with Crippen LogP contribution in [0.1, 0.15) is 47.9 Å². The first-order valence-corrected chi connectivity index (χ1v) is 16.4. The summed E-state index contributed by atoms with van der Waals surface area (Å²) in [5.74, 6) is -6.31. The summed E-state index contributed by atoms with van der Waals surface area (Å²) < 4.78 is 40.1. The Morgan fingerprint density at radius 2 is 1.71 bits per heavy atom. The number of phenolic OH excluding ortho intramolecular Hbond substituents is 1. The number of benzene rings is 2. The third-order valence-corrected chi connectivity index (χ3v) is 11.1. The zero-order valence-corrected chi connectivity index (χ0v) is 27.6. The van der Waals surface area contributed by atoms with E-state index in [0.717, 1.165) is 5.01 Å². The van der Waals surface area contributed by atoms with Gasteiger partial charge in [0.25, 0.3) is 11.8 Å². The minimum absolute atomic E-state index is 0.0150. The number of likely N-dealkylation sites (tertiary alicyclic amines) is 1. The van der Waals surface area contributed by atoms with Gasteiger partial charge in [0.1, 0.15) is 5.75 Å². The van der Waals surface area contributed by atoms with E-state index in [-0.39, 0.29) is 42.8 Å². The summed E-state index contributed by atoms with van der Waals surface area (Å²) in [6.45, 7) is 3.61. The first-order chi connectivity index (χ1) is 23.2. The molecule has 0 radical (unpaired) electrons. The highest BCUT2D eigenvalue weighted by Crippen LogP contribution is 2.64. The van der Waals surface area contributed by atoms with E-state index < -0.39 is 63.6 Å². The first kappa shape index (κ1) is 33.1. The average molecular weight is 714 g/mol. The molecule has 49 heavy (non-hydrogen) atoms. The number of rotatable bonds is 5. The van der Waals surface area contributed by atoms with Crippen LogP contribution in [0.25, 0.3) is 0 Å². The molecule has 2 aliphatic carbocycles. The van der Waals surface area contributed by atoms with Crippen LogP contribution in [0.4, 0.5) is 19.0 Å². The molecular formula is C35H29Cl2F3N4O5. The first-order valence-electron chi connectivity index (χ1n) is 15.7. The zero-order valence-electron chi connectivity index (χ0n) is 26.1. The van der Waals surface area contributed by atoms with E-state index in [1.165, 1.54) is 11.0 Å². The molecule has 2 aromatic carbocycles. The lowest BCUT2D eigenvalue weighted by Gasteiger charge is -2.50. The highest BCUT2D eigenvalue weighted by molar-refractivity contribution is 6.33. The number of imide groups is 2. The van der Waals surface area contributed by atoms with Crippen molar-refractivity contribution in [1.82, 2.24) is 14.9 Å². The molecule has 254 valence electrons. The van der Waals surface area contributed by atoms with Crippen molar-refractivity contribution in [3.05, 3.63) is 98.7 Å². The number of carbonyl (C=O) groups excluding carboxylic acids is 4. The fraction of sp³-hybridized carbons (Fsp3) is 0.343. The van der Waals surface area contributed by atoms with E-state index in [4.69, 9.17) is 23.2 Å². The van der Waals surface area contributed by atoms with Gasteiger partial charge in [-0.15, -0.1) is 0 Å². The maximum Gasteiger partial charge on any atom is 0.417 e. The summed E-state index contributed by atoms with van der Waals surface area (Å²) in [6.07, 6.45) is -2.01. The summed E-state index contributed by atoms with van der Waals surface area (Å²) >= 11 is 12.5. The number of hydrazine groups is 1. The molecule has 9 nitrogen and oxygen atoms in total. The Labute approximate surface area is 288 Å². The molecule has 1 aromatic heterocycles. The van der Waals surface area contributed by atoms with Crippen molar-refractivity contribution >= 4 is 52.6 Å². The van der Waals surface area contributed by atoms with Crippen LogP contribution in [0.2, 0.25) is 10.0 Å². The van der Waals surface area contributed by atoms with Crippen molar-refractivity contribution in [3.63, 3.8) is 0 Å². The molecule has 1 saturated carbocycles. The van der Waals surface area contributed by atoms with Crippen molar-refractivity contribution in [2.24, 2.45) is 23.7 Å². The number of amides is 4. The van der Waals surface area contributed by atoms with Crippen LogP contribution < -0.4 is 5.43 Å². The molecule has 7 rings (SSSR count). The van der Waals surface area contributed by atoms with Crippen molar-refractivity contribution in [2.75, 3.05) is 12.0 Å². The van der Waals surface area contributed by atoms with Gasteiger partial charge >= 0.3 is 6.18 Å². The number of nitrogens with one attached hydrogen (secondary N) is 1. The lowest BCUT2D eigenvalue weighted by Crippen LogP contribution is -2.53. The molecule has 2 N–H and O–H groups in total. The number of carbonyl (C=O) groups is 4. The van der Waals surface area contributed by atoms with Crippen LogP contribution in [-0.4, -0.2) is 50.2 Å². The van der Waals surface area contributed by atoms with Gasteiger partial charge in [-0.1, -0.05) is 59.1 Å². The zero-order chi connectivity index (χ0) is 35.2. The van der Waals surface area contributed by atoms with Crippen molar-refractivity contribution in [1.29, 1.82) is 0 Å². The standard InChI is InChI=1S/C35H29Cl2F3N4O5/c1-3-43-30(46)22-10-9-21-23(27(22)32(43)48)14-24-31(47)44(42-29-25(37)13-19(15-41-29)35(38,39)40)33(49)34(24,18-5-7-20(36)8-6-18)28(21)17-4-11-26(45)16(2)12-17/h4-9,11-13,15,22-24,27-28,45H,3,10,14H2,1-2H3,(H,41,42)/t22-,23+,24-,27-,28-,34+/m0/s1. The highest BCUT2D eigenvalue weighted by Gasteiger charge is 2.70. The smallest absolute Gasteiger partial charge is 0.417 e. The number of aryl methyl sites for hydroxylation is 1. The van der Waals surface area contributed by atoms with Gasteiger partial charge in [-0.3, -0.25) is 29.5 Å². The largest absolute Gasteiger partial charge is 0.508 e. The highest BCUT2D eigenvalue weighted by atomic mass is 35.5. The Bertz CT molecular complexity index is 1970. The molecule has 4 amide bonds. The molecule has 4 aliphatic rings. The lowest BCUT2D eigenvalue weighted by atomic mass is 9.49. The summed E-state index contributed by atoms with van der Waals surface area (Å²) in [5.41, 5.74) is 2.10. The van der Waals surface area contributed by atoms with E-state index in [9.17, 15) is 32.7 Å². The Morgan fingerprint density at radius 3 is 2.35 bits per heavy atom. The van der Waals surface area contributed by atoms with Crippen LogP contribution in [0, 0.1) is 30.6 Å². The number of pyridine rings is 1. The molecular weight excluding hydrogens is 684 g/mol. The number of phenols is 1. The van der Waals surface area contributed by atoms with Crippen LogP contribution in [-0.2, 0) is 30.8 Å². The van der Waals surface area contributed by atoms with Gasteiger partial charge in [0.15, 0.2) is 5.82 Å². The minimum atomic E-state index is -4.73. The number of alkyl halides is 3. The second-order valence-corrected chi connectivity index (χ2v) is 13.7.